The second kappa shape index (κ2) is 13.6. The summed E-state index contributed by atoms with van der Waals surface area (Å²) in [6, 6.07) is 14.5. The van der Waals surface area contributed by atoms with Gasteiger partial charge in [-0.3, -0.25) is 14.5 Å². The lowest BCUT2D eigenvalue weighted by Crippen LogP contribution is -2.48. The largest absolute Gasteiger partial charge is 0.457 e. The van der Waals surface area contributed by atoms with Gasteiger partial charge in [0.1, 0.15) is 17.3 Å². The number of hydrogen-bond acceptors (Lipinski definition) is 7. The molecule has 2 aromatic carbocycles. The van der Waals surface area contributed by atoms with Gasteiger partial charge in [-0.05, 0) is 79.6 Å². The van der Waals surface area contributed by atoms with E-state index in [4.69, 9.17) is 9.47 Å². The quantitative estimate of drug-likeness (QED) is 0.337. The maximum absolute atomic E-state index is 15.6. The van der Waals surface area contributed by atoms with Gasteiger partial charge in [-0.1, -0.05) is 20.8 Å². The van der Waals surface area contributed by atoms with Gasteiger partial charge in [0, 0.05) is 62.4 Å². The van der Waals surface area contributed by atoms with Crippen molar-refractivity contribution in [3.05, 3.63) is 71.2 Å². The maximum atomic E-state index is 15.6. The summed E-state index contributed by atoms with van der Waals surface area (Å²) in [7, 11) is 0. The normalized spacial score (nSPS) is 21.1. The lowest BCUT2D eigenvalue weighted by atomic mass is 10.0. The highest BCUT2D eigenvalue weighted by Gasteiger charge is 2.30. The van der Waals surface area contributed by atoms with E-state index in [9.17, 15) is 9.59 Å². The summed E-state index contributed by atoms with van der Waals surface area (Å²) in [4.78, 5) is 30.1. The Bertz CT molecular complexity index is 1500. The molecule has 0 radical (unpaired) electrons. The zero-order valence-corrected chi connectivity index (χ0v) is 26.3. The number of carbonyl (C=O) groups is 2. The topological polar surface area (TPSA) is 96.9 Å². The van der Waals surface area contributed by atoms with E-state index in [1.807, 2.05) is 43.3 Å². The van der Waals surface area contributed by atoms with Gasteiger partial charge >= 0.3 is 0 Å². The molecule has 10 heteroatoms. The highest BCUT2D eigenvalue weighted by molar-refractivity contribution is 5.95. The standard InChI is InChI=1S/C35H42FN5O4/c1-22(2)31-8-9-32(39-38-31)24-4-6-28(7-5-24)45-33-18-29(30(36)17-25(33)20-41-19-23(3)16-34(41)42)35(43)37-26-10-13-40(14-11-26)27-12-15-44-21-27/h4-9,17-18,22-23,26-27H,10-16,19-21H2,1-3H3,(H,37,43). The van der Waals surface area contributed by atoms with Crippen molar-refractivity contribution in [1.82, 2.24) is 25.3 Å². The van der Waals surface area contributed by atoms with Crippen LogP contribution < -0.4 is 10.1 Å². The van der Waals surface area contributed by atoms with Gasteiger partial charge in [0.15, 0.2) is 0 Å². The highest BCUT2D eigenvalue weighted by Crippen LogP contribution is 2.32. The molecule has 3 saturated heterocycles. The molecule has 0 aliphatic carbocycles. The molecular weight excluding hydrogens is 573 g/mol. The van der Waals surface area contributed by atoms with Gasteiger partial charge < -0.3 is 19.7 Å². The van der Waals surface area contributed by atoms with Crippen LogP contribution in [0.3, 0.4) is 0 Å². The number of nitrogens with zero attached hydrogens (tertiary/aromatic N) is 4. The van der Waals surface area contributed by atoms with Gasteiger partial charge in [-0.15, -0.1) is 0 Å². The van der Waals surface area contributed by atoms with Crippen LogP contribution in [0.5, 0.6) is 11.5 Å². The van der Waals surface area contributed by atoms with Gasteiger partial charge in [-0.2, -0.15) is 10.2 Å². The Kier molecular flexibility index (Phi) is 9.42. The fourth-order valence-electron chi connectivity index (χ4n) is 6.42. The monoisotopic (exact) mass is 615 g/mol. The van der Waals surface area contributed by atoms with Crippen LogP contribution in [-0.4, -0.2) is 76.7 Å². The van der Waals surface area contributed by atoms with E-state index in [-0.39, 0.29) is 30.0 Å². The molecule has 2 unspecified atom stereocenters. The van der Waals surface area contributed by atoms with Crippen LogP contribution >= 0.6 is 0 Å². The van der Waals surface area contributed by atoms with Gasteiger partial charge in [0.05, 0.1) is 23.6 Å². The number of carbonyl (C=O) groups excluding carboxylic acids is 2. The Morgan fingerprint density at radius 2 is 1.87 bits per heavy atom. The number of rotatable bonds is 9. The summed E-state index contributed by atoms with van der Waals surface area (Å²) in [5.74, 6) is 0.330. The Hall–Kier alpha value is -3.89. The third kappa shape index (κ3) is 7.34. The van der Waals surface area contributed by atoms with E-state index in [1.54, 1.807) is 4.90 Å². The van der Waals surface area contributed by atoms with Crippen LogP contribution in [0.2, 0.25) is 0 Å². The van der Waals surface area contributed by atoms with Crippen molar-refractivity contribution in [3.63, 3.8) is 0 Å². The van der Waals surface area contributed by atoms with Crippen LogP contribution in [0.4, 0.5) is 4.39 Å². The molecule has 3 aromatic rings. The lowest BCUT2D eigenvalue weighted by molar-refractivity contribution is -0.128. The number of aromatic nitrogens is 2. The third-order valence-corrected chi connectivity index (χ3v) is 9.11. The van der Waals surface area contributed by atoms with Crippen molar-refractivity contribution in [3.8, 4) is 22.8 Å². The first kappa shape index (κ1) is 31.1. The number of ether oxygens (including phenoxy) is 2. The molecule has 3 aliphatic rings. The third-order valence-electron chi connectivity index (χ3n) is 9.11. The molecular formula is C35H42FN5O4. The first-order chi connectivity index (χ1) is 21.7. The van der Waals surface area contributed by atoms with Gasteiger partial charge in [-0.25, -0.2) is 4.39 Å². The number of piperidine rings is 1. The summed E-state index contributed by atoms with van der Waals surface area (Å²) in [6.45, 7) is 10.3. The van der Waals surface area contributed by atoms with E-state index in [0.717, 1.165) is 62.5 Å². The Balaban J connectivity index is 1.19. The Morgan fingerprint density at radius 1 is 1.09 bits per heavy atom. The van der Waals surface area contributed by atoms with E-state index in [1.165, 1.54) is 12.1 Å². The van der Waals surface area contributed by atoms with Crippen molar-refractivity contribution in [1.29, 1.82) is 0 Å². The number of halogens is 1. The molecule has 238 valence electrons. The van der Waals surface area contributed by atoms with Crippen LogP contribution in [0.25, 0.3) is 11.3 Å². The minimum Gasteiger partial charge on any atom is -0.457 e. The van der Waals surface area contributed by atoms with E-state index >= 15 is 4.39 Å². The van der Waals surface area contributed by atoms with E-state index < -0.39 is 11.7 Å². The highest BCUT2D eigenvalue weighted by atomic mass is 19.1. The average molecular weight is 616 g/mol. The molecule has 4 heterocycles. The van der Waals surface area contributed by atoms with E-state index in [0.29, 0.717) is 42.0 Å². The summed E-state index contributed by atoms with van der Waals surface area (Å²) in [5, 5.41) is 11.7. The number of likely N-dealkylation sites (tertiary alicyclic amines) is 2. The second-order valence-corrected chi connectivity index (χ2v) is 12.9. The van der Waals surface area contributed by atoms with Crippen molar-refractivity contribution in [2.24, 2.45) is 5.92 Å². The molecule has 1 N–H and O–H groups in total. The summed E-state index contributed by atoms with van der Waals surface area (Å²) < 4.78 is 27.4. The zero-order chi connectivity index (χ0) is 31.5. The van der Waals surface area contributed by atoms with Crippen molar-refractivity contribution >= 4 is 11.8 Å². The number of amides is 2. The van der Waals surface area contributed by atoms with Crippen LogP contribution in [0, 0.1) is 11.7 Å². The molecule has 0 bridgehead atoms. The second-order valence-electron chi connectivity index (χ2n) is 12.9. The Morgan fingerprint density at radius 3 is 2.49 bits per heavy atom. The molecule has 3 aliphatic heterocycles. The predicted octanol–water partition coefficient (Wildman–Crippen LogP) is 5.55. The van der Waals surface area contributed by atoms with Crippen molar-refractivity contribution < 1.29 is 23.5 Å². The van der Waals surface area contributed by atoms with Crippen LogP contribution in [0.1, 0.15) is 74.0 Å². The Labute approximate surface area is 264 Å². The van der Waals surface area contributed by atoms with Crippen LogP contribution in [-0.2, 0) is 16.1 Å². The fourth-order valence-corrected chi connectivity index (χ4v) is 6.42. The summed E-state index contributed by atoms with van der Waals surface area (Å²) in [6.07, 6.45) is 3.12. The van der Waals surface area contributed by atoms with E-state index in [2.05, 4.69) is 34.3 Å². The SMILES string of the molecule is CC1CC(=O)N(Cc2cc(F)c(C(=O)NC3CCN(C4CCOC4)CC3)cc2Oc2ccc(-c3ccc(C(C)C)nn3)cc2)C1. The molecule has 1 aromatic heterocycles. The van der Waals surface area contributed by atoms with Crippen molar-refractivity contribution in [2.75, 3.05) is 32.8 Å². The first-order valence-corrected chi connectivity index (χ1v) is 16.1. The molecule has 9 nitrogen and oxygen atoms in total. The summed E-state index contributed by atoms with van der Waals surface area (Å²) >= 11 is 0. The molecule has 6 rings (SSSR count). The van der Waals surface area contributed by atoms with Crippen LogP contribution in [0.15, 0.2) is 48.5 Å². The minimum atomic E-state index is -0.631. The van der Waals surface area contributed by atoms with Crippen molar-refractivity contribution in [2.45, 2.75) is 71.0 Å². The zero-order valence-electron chi connectivity index (χ0n) is 26.3. The summed E-state index contributed by atoms with van der Waals surface area (Å²) in [5.41, 5.74) is 3.00. The molecule has 3 fully saturated rings. The number of hydrogen-bond donors (Lipinski definition) is 1. The average Bonchev–Trinajstić information content (AvgIpc) is 3.68. The smallest absolute Gasteiger partial charge is 0.254 e. The molecule has 0 saturated carbocycles. The first-order valence-electron chi connectivity index (χ1n) is 16.1. The fraction of sp³-hybridized carbons (Fsp3) is 0.486. The number of nitrogens with one attached hydrogen (secondary N) is 1. The molecule has 45 heavy (non-hydrogen) atoms. The predicted molar refractivity (Wildman–Crippen MR) is 169 cm³/mol. The van der Waals surface area contributed by atoms with Gasteiger partial charge in [0.25, 0.3) is 5.91 Å². The molecule has 2 amide bonds. The minimum absolute atomic E-state index is 0.0279. The number of benzene rings is 2. The maximum Gasteiger partial charge on any atom is 0.254 e. The van der Waals surface area contributed by atoms with Gasteiger partial charge in [0.2, 0.25) is 5.91 Å². The lowest BCUT2D eigenvalue weighted by Gasteiger charge is -2.35. The molecule has 2 atom stereocenters. The molecule has 0 spiro atoms.